The molecule has 134 valence electrons. The van der Waals surface area contributed by atoms with Gasteiger partial charge in [0.1, 0.15) is 17.6 Å². The molecule has 0 bridgehead atoms. The molecule has 6 nitrogen and oxygen atoms in total. The molecule has 2 N–H and O–H groups in total. The largest absolute Gasteiger partial charge is 0.454 e. The van der Waals surface area contributed by atoms with Crippen LogP contribution < -0.4 is 15.4 Å². The van der Waals surface area contributed by atoms with Crippen molar-refractivity contribution in [3.05, 3.63) is 65.4 Å². The second kappa shape index (κ2) is 7.93. The van der Waals surface area contributed by atoms with Crippen LogP contribution in [0.15, 0.2) is 59.1 Å². The highest BCUT2D eigenvalue weighted by molar-refractivity contribution is 6.32. The minimum Gasteiger partial charge on any atom is -0.454 e. The van der Waals surface area contributed by atoms with E-state index in [1.54, 1.807) is 38.1 Å². The topological polar surface area (TPSA) is 76.4 Å². The normalized spacial score (nSPS) is 11.7. The van der Waals surface area contributed by atoms with Crippen LogP contribution in [-0.2, 0) is 4.79 Å². The molecule has 7 heteroatoms. The summed E-state index contributed by atoms with van der Waals surface area (Å²) < 4.78 is 10.8. The van der Waals surface area contributed by atoms with Crippen molar-refractivity contribution in [2.24, 2.45) is 0 Å². The van der Waals surface area contributed by atoms with Crippen LogP contribution >= 0.6 is 11.6 Å². The van der Waals surface area contributed by atoms with E-state index in [2.05, 4.69) is 15.8 Å². The molecule has 1 unspecified atom stereocenters. The van der Waals surface area contributed by atoms with Crippen molar-refractivity contribution in [1.82, 2.24) is 5.16 Å². The number of hydrogen-bond donors (Lipinski definition) is 2. The zero-order chi connectivity index (χ0) is 18.5. The maximum Gasteiger partial charge on any atom is 0.247 e. The van der Waals surface area contributed by atoms with Crippen molar-refractivity contribution in [3.63, 3.8) is 0 Å². The maximum atomic E-state index is 12.3. The molecule has 0 aliphatic rings. The molecule has 1 atom stereocenters. The van der Waals surface area contributed by atoms with Gasteiger partial charge in [-0.2, -0.15) is 0 Å². The van der Waals surface area contributed by atoms with E-state index in [9.17, 15) is 4.79 Å². The number of carbonyl (C=O) groups is 1. The van der Waals surface area contributed by atoms with E-state index in [1.807, 2.05) is 30.3 Å². The SMILES string of the molecule is Cc1cc(NC(=O)C(C)Nc2ccccc2Oc2ccccc2Cl)no1. The average molecular weight is 372 g/mol. The maximum absolute atomic E-state index is 12.3. The quantitative estimate of drug-likeness (QED) is 0.646. The second-order valence-electron chi connectivity index (χ2n) is 5.71. The molecule has 1 aromatic heterocycles. The van der Waals surface area contributed by atoms with Crippen molar-refractivity contribution < 1.29 is 14.1 Å². The summed E-state index contributed by atoms with van der Waals surface area (Å²) in [5, 5.41) is 10.1. The number of amides is 1. The summed E-state index contributed by atoms with van der Waals surface area (Å²) in [6.07, 6.45) is 0. The molecule has 0 spiro atoms. The van der Waals surface area contributed by atoms with Gasteiger partial charge in [0.25, 0.3) is 0 Å². The Bertz CT molecular complexity index is 910. The molecule has 3 rings (SSSR count). The van der Waals surface area contributed by atoms with Crippen molar-refractivity contribution >= 4 is 29.0 Å². The number of carbonyl (C=O) groups excluding carboxylic acids is 1. The van der Waals surface area contributed by atoms with Gasteiger partial charge in [-0.05, 0) is 38.1 Å². The molecule has 0 fully saturated rings. The fourth-order valence-corrected chi connectivity index (χ4v) is 2.45. The second-order valence-corrected chi connectivity index (χ2v) is 6.11. The minimum absolute atomic E-state index is 0.245. The first kappa shape index (κ1) is 17.8. The average Bonchev–Trinajstić information content (AvgIpc) is 3.03. The van der Waals surface area contributed by atoms with E-state index >= 15 is 0 Å². The summed E-state index contributed by atoms with van der Waals surface area (Å²) in [4.78, 5) is 12.3. The Labute approximate surface area is 156 Å². The number of rotatable bonds is 6. The highest BCUT2D eigenvalue weighted by Gasteiger charge is 2.16. The fraction of sp³-hybridized carbons (Fsp3) is 0.158. The summed E-state index contributed by atoms with van der Waals surface area (Å²) >= 11 is 6.15. The predicted molar refractivity (Wildman–Crippen MR) is 101 cm³/mol. The number of para-hydroxylation sites is 3. The molecule has 0 saturated carbocycles. The van der Waals surface area contributed by atoms with Crippen LogP contribution in [0.3, 0.4) is 0 Å². The summed E-state index contributed by atoms with van der Waals surface area (Å²) in [5.74, 6) is 1.86. The minimum atomic E-state index is -0.525. The van der Waals surface area contributed by atoms with E-state index in [4.69, 9.17) is 20.9 Å². The van der Waals surface area contributed by atoms with Gasteiger partial charge in [0, 0.05) is 6.07 Å². The fourth-order valence-electron chi connectivity index (χ4n) is 2.28. The molecule has 3 aromatic rings. The number of nitrogens with zero attached hydrogens (tertiary/aromatic N) is 1. The van der Waals surface area contributed by atoms with Gasteiger partial charge >= 0.3 is 0 Å². The van der Waals surface area contributed by atoms with E-state index in [1.165, 1.54) is 0 Å². The Hall–Kier alpha value is -2.99. The Kier molecular flexibility index (Phi) is 5.43. The smallest absolute Gasteiger partial charge is 0.247 e. The van der Waals surface area contributed by atoms with Crippen molar-refractivity contribution in [1.29, 1.82) is 0 Å². The van der Waals surface area contributed by atoms with Crippen LogP contribution in [-0.4, -0.2) is 17.1 Å². The predicted octanol–water partition coefficient (Wildman–Crippen LogP) is 4.87. The zero-order valence-electron chi connectivity index (χ0n) is 14.3. The Morgan fingerprint density at radius 1 is 1.15 bits per heavy atom. The van der Waals surface area contributed by atoms with Crippen molar-refractivity contribution in [2.75, 3.05) is 10.6 Å². The Morgan fingerprint density at radius 2 is 1.85 bits per heavy atom. The number of halogens is 1. The first-order valence-electron chi connectivity index (χ1n) is 8.05. The molecule has 1 amide bonds. The van der Waals surface area contributed by atoms with E-state index < -0.39 is 6.04 Å². The van der Waals surface area contributed by atoms with Gasteiger partial charge in [-0.1, -0.05) is 41.0 Å². The number of aromatic nitrogens is 1. The van der Waals surface area contributed by atoms with Crippen LogP contribution in [0.25, 0.3) is 0 Å². The number of hydrogen-bond acceptors (Lipinski definition) is 5. The lowest BCUT2D eigenvalue weighted by Crippen LogP contribution is -2.32. The first-order valence-corrected chi connectivity index (χ1v) is 8.43. The highest BCUT2D eigenvalue weighted by atomic mass is 35.5. The molecule has 26 heavy (non-hydrogen) atoms. The Morgan fingerprint density at radius 3 is 2.54 bits per heavy atom. The third-order valence-electron chi connectivity index (χ3n) is 3.59. The molecule has 0 aliphatic carbocycles. The van der Waals surface area contributed by atoms with Crippen molar-refractivity contribution in [3.8, 4) is 11.5 Å². The summed E-state index contributed by atoms with van der Waals surface area (Å²) in [6.45, 7) is 3.50. The van der Waals surface area contributed by atoms with Crippen LogP contribution in [0.4, 0.5) is 11.5 Å². The number of anilines is 2. The third-order valence-corrected chi connectivity index (χ3v) is 3.90. The summed E-state index contributed by atoms with van der Waals surface area (Å²) in [7, 11) is 0. The van der Waals surface area contributed by atoms with Crippen LogP contribution in [0, 0.1) is 6.92 Å². The standard InChI is InChI=1S/C19H18ClN3O3/c1-12-11-18(23-26-12)22-19(24)13(2)21-15-8-4-6-10-17(15)25-16-9-5-3-7-14(16)20/h3-11,13,21H,1-2H3,(H,22,23,24). The van der Waals surface area contributed by atoms with Gasteiger partial charge in [-0.3, -0.25) is 4.79 Å². The van der Waals surface area contributed by atoms with Gasteiger partial charge in [-0.15, -0.1) is 0 Å². The summed E-state index contributed by atoms with van der Waals surface area (Å²) in [6, 6.07) is 15.7. The van der Waals surface area contributed by atoms with Gasteiger partial charge in [0.05, 0.1) is 10.7 Å². The van der Waals surface area contributed by atoms with Gasteiger partial charge in [0.2, 0.25) is 5.91 Å². The van der Waals surface area contributed by atoms with E-state index in [0.717, 1.165) is 0 Å². The zero-order valence-corrected chi connectivity index (χ0v) is 15.1. The first-order chi connectivity index (χ1) is 12.5. The van der Waals surface area contributed by atoms with Gasteiger partial charge < -0.3 is 19.9 Å². The lowest BCUT2D eigenvalue weighted by molar-refractivity contribution is -0.116. The van der Waals surface area contributed by atoms with Crippen molar-refractivity contribution in [2.45, 2.75) is 19.9 Å². The molecular formula is C19H18ClN3O3. The Balaban J connectivity index is 1.71. The number of nitrogens with one attached hydrogen (secondary N) is 2. The molecule has 1 heterocycles. The molecule has 0 saturated heterocycles. The number of aryl methyl sites for hydroxylation is 1. The van der Waals surface area contributed by atoms with E-state index in [0.29, 0.717) is 33.8 Å². The molecule has 2 aromatic carbocycles. The van der Waals surface area contributed by atoms with Crippen LogP contribution in [0.2, 0.25) is 5.02 Å². The third kappa shape index (κ3) is 4.34. The lowest BCUT2D eigenvalue weighted by Gasteiger charge is -2.17. The molecular weight excluding hydrogens is 354 g/mol. The van der Waals surface area contributed by atoms with Crippen LogP contribution in [0.1, 0.15) is 12.7 Å². The van der Waals surface area contributed by atoms with E-state index in [-0.39, 0.29) is 5.91 Å². The number of benzene rings is 2. The van der Waals surface area contributed by atoms with Gasteiger partial charge in [-0.25, -0.2) is 0 Å². The highest BCUT2D eigenvalue weighted by Crippen LogP contribution is 2.33. The van der Waals surface area contributed by atoms with Crippen LogP contribution in [0.5, 0.6) is 11.5 Å². The monoisotopic (exact) mass is 371 g/mol. The number of ether oxygens (including phenoxy) is 1. The van der Waals surface area contributed by atoms with Gasteiger partial charge in [0.15, 0.2) is 11.6 Å². The molecule has 0 aliphatic heterocycles. The molecule has 0 radical (unpaired) electrons. The summed E-state index contributed by atoms with van der Waals surface area (Å²) in [5.41, 5.74) is 0.673. The lowest BCUT2D eigenvalue weighted by atomic mass is 10.2.